The first-order valence-electron chi connectivity index (χ1n) is 8.15. The van der Waals surface area contributed by atoms with Crippen LogP contribution in [0.25, 0.3) is 0 Å². The summed E-state index contributed by atoms with van der Waals surface area (Å²) in [6, 6.07) is 4.73. The lowest BCUT2D eigenvalue weighted by atomic mass is 10.0. The Morgan fingerprint density at radius 3 is 2.79 bits per heavy atom. The zero-order chi connectivity index (χ0) is 16.9. The molecular weight excluding hydrogens is 310 g/mol. The minimum atomic E-state index is -0.611. The molecule has 7 heteroatoms. The molecule has 1 aromatic rings. The third-order valence-electron chi connectivity index (χ3n) is 4.95. The number of piperidine rings is 1. The Morgan fingerprint density at radius 1 is 1.29 bits per heavy atom. The normalized spacial score (nSPS) is 24.6. The van der Waals surface area contributed by atoms with Gasteiger partial charge >= 0.3 is 0 Å². The zero-order valence-corrected chi connectivity index (χ0v) is 13.2. The number of nitrogens with two attached hydrogens (primary N) is 1. The van der Waals surface area contributed by atoms with E-state index in [-0.39, 0.29) is 23.8 Å². The van der Waals surface area contributed by atoms with Crippen LogP contribution in [0.2, 0.25) is 0 Å². The van der Waals surface area contributed by atoms with Crippen LogP contribution in [-0.4, -0.2) is 40.8 Å². The van der Waals surface area contributed by atoms with Crippen LogP contribution in [0.1, 0.15) is 41.6 Å². The van der Waals surface area contributed by atoms with Crippen molar-refractivity contribution in [3.05, 3.63) is 29.3 Å². The number of ether oxygens (including phenoxy) is 1. The average molecular weight is 329 g/mol. The molecule has 0 spiro atoms. The van der Waals surface area contributed by atoms with Crippen LogP contribution in [0.15, 0.2) is 18.2 Å². The molecule has 126 valence electrons. The van der Waals surface area contributed by atoms with Crippen molar-refractivity contribution in [2.24, 2.45) is 5.73 Å². The maximum atomic E-state index is 12.7. The molecule has 1 saturated carbocycles. The predicted octanol–water partition coefficient (Wildman–Crippen LogP) is 0.318. The van der Waals surface area contributed by atoms with Crippen LogP contribution >= 0.6 is 0 Å². The topological polar surface area (TPSA) is 102 Å². The Kier molecular flexibility index (Phi) is 3.35. The fraction of sp³-hybridized carbons (Fsp3) is 0.471. The van der Waals surface area contributed by atoms with Crippen molar-refractivity contribution >= 4 is 17.7 Å². The number of carbonyl (C=O) groups is 3. The number of imide groups is 1. The molecule has 1 saturated heterocycles. The lowest BCUT2D eigenvalue weighted by Gasteiger charge is -2.29. The summed E-state index contributed by atoms with van der Waals surface area (Å²) < 4.78 is 5.85. The van der Waals surface area contributed by atoms with Gasteiger partial charge in [-0.05, 0) is 31.4 Å². The average Bonchev–Trinajstić information content (AvgIpc) is 3.20. The highest BCUT2D eigenvalue weighted by atomic mass is 16.5. The largest absolute Gasteiger partial charge is 0.491 e. The van der Waals surface area contributed by atoms with Crippen molar-refractivity contribution in [3.63, 3.8) is 0 Å². The Labute approximate surface area is 139 Å². The lowest BCUT2D eigenvalue weighted by Crippen LogP contribution is -2.52. The Bertz CT molecular complexity index is 741. The number of carbonyl (C=O) groups excluding carboxylic acids is 3. The molecule has 1 aliphatic carbocycles. The Hall–Kier alpha value is -2.41. The number of nitrogens with zero attached hydrogens (tertiary/aromatic N) is 1. The quantitative estimate of drug-likeness (QED) is 0.775. The second kappa shape index (κ2) is 5.31. The number of amides is 3. The van der Waals surface area contributed by atoms with Crippen molar-refractivity contribution < 1.29 is 19.1 Å². The van der Waals surface area contributed by atoms with Crippen LogP contribution in [-0.2, 0) is 16.1 Å². The van der Waals surface area contributed by atoms with Gasteiger partial charge in [0.2, 0.25) is 11.8 Å². The van der Waals surface area contributed by atoms with Gasteiger partial charge in [-0.2, -0.15) is 0 Å². The molecule has 1 atom stereocenters. The van der Waals surface area contributed by atoms with Gasteiger partial charge in [-0.15, -0.1) is 0 Å². The fourth-order valence-corrected chi connectivity index (χ4v) is 3.22. The van der Waals surface area contributed by atoms with Crippen LogP contribution < -0.4 is 15.8 Å². The van der Waals surface area contributed by atoms with Gasteiger partial charge in [-0.1, -0.05) is 6.07 Å². The van der Waals surface area contributed by atoms with E-state index in [1.54, 1.807) is 12.1 Å². The smallest absolute Gasteiger partial charge is 0.255 e. The lowest BCUT2D eigenvalue weighted by molar-refractivity contribution is -0.136. The van der Waals surface area contributed by atoms with Gasteiger partial charge in [0, 0.05) is 17.5 Å². The summed E-state index contributed by atoms with van der Waals surface area (Å²) in [6.07, 6.45) is 2.49. The first-order valence-corrected chi connectivity index (χ1v) is 8.15. The molecule has 1 unspecified atom stereocenters. The highest BCUT2D eigenvalue weighted by Gasteiger charge is 2.42. The number of nitrogens with one attached hydrogen (secondary N) is 1. The number of hydrogen-bond donors (Lipinski definition) is 2. The number of benzene rings is 1. The maximum Gasteiger partial charge on any atom is 0.255 e. The molecule has 4 rings (SSSR count). The Morgan fingerprint density at radius 2 is 2.08 bits per heavy atom. The molecule has 3 amide bonds. The summed E-state index contributed by atoms with van der Waals surface area (Å²) in [5.74, 6) is -0.248. The molecule has 0 bridgehead atoms. The van der Waals surface area contributed by atoms with Gasteiger partial charge in [0.1, 0.15) is 18.4 Å². The van der Waals surface area contributed by atoms with Crippen molar-refractivity contribution in [2.75, 3.05) is 6.61 Å². The van der Waals surface area contributed by atoms with Crippen molar-refractivity contribution in [2.45, 2.75) is 43.8 Å². The van der Waals surface area contributed by atoms with Gasteiger partial charge in [-0.3, -0.25) is 19.7 Å². The van der Waals surface area contributed by atoms with Gasteiger partial charge in [0.15, 0.2) is 0 Å². The molecule has 24 heavy (non-hydrogen) atoms. The van der Waals surface area contributed by atoms with Crippen LogP contribution in [0, 0.1) is 0 Å². The van der Waals surface area contributed by atoms with E-state index < -0.39 is 11.9 Å². The zero-order valence-electron chi connectivity index (χ0n) is 13.2. The second-order valence-corrected chi connectivity index (χ2v) is 6.83. The van der Waals surface area contributed by atoms with Crippen molar-refractivity contribution in [3.8, 4) is 5.75 Å². The number of fused-ring (bicyclic) bond motifs is 1. The predicted molar refractivity (Wildman–Crippen MR) is 84.1 cm³/mol. The van der Waals surface area contributed by atoms with E-state index in [0.29, 0.717) is 30.9 Å². The van der Waals surface area contributed by atoms with E-state index in [9.17, 15) is 14.4 Å². The highest BCUT2D eigenvalue weighted by Crippen LogP contribution is 2.36. The van der Waals surface area contributed by atoms with Gasteiger partial charge in [0.05, 0.1) is 12.1 Å². The first-order chi connectivity index (χ1) is 11.5. The summed E-state index contributed by atoms with van der Waals surface area (Å²) in [5, 5.41) is 2.30. The summed E-state index contributed by atoms with van der Waals surface area (Å²) >= 11 is 0. The molecule has 7 nitrogen and oxygen atoms in total. The molecule has 1 aromatic carbocycles. The summed E-state index contributed by atoms with van der Waals surface area (Å²) in [6.45, 7) is 0.740. The van der Waals surface area contributed by atoms with E-state index in [1.165, 1.54) is 4.90 Å². The maximum absolute atomic E-state index is 12.7. The summed E-state index contributed by atoms with van der Waals surface area (Å²) in [4.78, 5) is 37.6. The van der Waals surface area contributed by atoms with Crippen LogP contribution in [0.3, 0.4) is 0 Å². The molecule has 2 heterocycles. The molecule has 0 aromatic heterocycles. The third kappa shape index (κ3) is 2.54. The number of rotatable bonds is 4. The van der Waals surface area contributed by atoms with E-state index in [0.717, 1.165) is 18.4 Å². The highest BCUT2D eigenvalue weighted by molar-refractivity contribution is 6.05. The molecule has 2 aliphatic heterocycles. The first kappa shape index (κ1) is 15.1. The van der Waals surface area contributed by atoms with Crippen molar-refractivity contribution in [1.82, 2.24) is 10.2 Å². The Balaban J connectivity index is 1.55. The SMILES string of the molecule is NC1(COc2cccc3c2CN(C2CCC(=O)NC2=O)C3=O)CC1. The minimum Gasteiger partial charge on any atom is -0.491 e. The van der Waals surface area contributed by atoms with Crippen LogP contribution in [0.5, 0.6) is 5.75 Å². The van der Waals surface area contributed by atoms with Gasteiger partial charge < -0.3 is 15.4 Å². The van der Waals surface area contributed by atoms with E-state index in [4.69, 9.17) is 10.5 Å². The van der Waals surface area contributed by atoms with Gasteiger partial charge in [0.25, 0.3) is 5.91 Å². The van der Waals surface area contributed by atoms with E-state index in [1.807, 2.05) is 6.07 Å². The van der Waals surface area contributed by atoms with Crippen molar-refractivity contribution in [1.29, 1.82) is 0 Å². The molecule has 0 radical (unpaired) electrons. The number of hydrogen-bond acceptors (Lipinski definition) is 5. The second-order valence-electron chi connectivity index (χ2n) is 6.83. The molecule has 3 aliphatic rings. The standard InChI is InChI=1S/C17H19N3O4/c18-17(6-7-17)9-24-13-3-1-2-10-11(13)8-20(16(10)23)12-4-5-14(21)19-15(12)22/h1-3,12H,4-9,18H2,(H,19,21,22). The summed E-state index contributed by atoms with van der Waals surface area (Å²) in [7, 11) is 0. The summed E-state index contributed by atoms with van der Waals surface area (Å²) in [5.41, 5.74) is 7.16. The minimum absolute atomic E-state index is 0.196. The molecule has 2 fully saturated rings. The molecule has 3 N–H and O–H groups in total. The van der Waals surface area contributed by atoms with E-state index in [2.05, 4.69) is 5.32 Å². The fourth-order valence-electron chi connectivity index (χ4n) is 3.22. The van der Waals surface area contributed by atoms with E-state index >= 15 is 0 Å². The third-order valence-corrected chi connectivity index (χ3v) is 4.95. The van der Waals surface area contributed by atoms with Crippen LogP contribution in [0.4, 0.5) is 0 Å². The monoisotopic (exact) mass is 329 g/mol. The van der Waals surface area contributed by atoms with Gasteiger partial charge in [-0.25, -0.2) is 0 Å². The molecular formula is C17H19N3O4.